The third-order valence-electron chi connectivity index (χ3n) is 6.97. The molecule has 214 valence electrons. The summed E-state index contributed by atoms with van der Waals surface area (Å²) in [6.07, 6.45) is 0. The zero-order valence-electron chi connectivity index (χ0n) is 21.9. The molecule has 1 N–H and O–H groups in total. The maximum Gasteiger partial charge on any atom is 0.338 e. The molecule has 4 aromatic rings. The second kappa shape index (κ2) is 11.5. The number of benzene rings is 2. The van der Waals surface area contributed by atoms with Crippen LogP contribution >= 0.6 is 46.0 Å². The molecule has 9 nitrogen and oxygen atoms in total. The molecular weight excluding hydrogens is 618 g/mol. The van der Waals surface area contributed by atoms with Crippen LogP contribution in [0.3, 0.4) is 0 Å². The average Bonchev–Trinajstić information content (AvgIpc) is 3.67. The summed E-state index contributed by atoms with van der Waals surface area (Å²) in [4.78, 5) is 68.3. The molecule has 0 unspecified atom stereocenters. The van der Waals surface area contributed by atoms with E-state index in [1.807, 2.05) is 17.5 Å². The molecule has 2 aromatic carbocycles. The van der Waals surface area contributed by atoms with Gasteiger partial charge in [0.05, 0.1) is 28.8 Å². The monoisotopic (exact) mass is 639 g/mol. The van der Waals surface area contributed by atoms with E-state index in [-0.39, 0.29) is 23.9 Å². The van der Waals surface area contributed by atoms with Crippen molar-refractivity contribution >= 4 is 81.1 Å². The van der Waals surface area contributed by atoms with Gasteiger partial charge in [0.25, 0.3) is 0 Å². The molecule has 2 aromatic heterocycles. The van der Waals surface area contributed by atoms with Crippen LogP contribution in [0.5, 0.6) is 0 Å². The maximum atomic E-state index is 13.9. The predicted molar refractivity (Wildman–Crippen MR) is 163 cm³/mol. The first-order chi connectivity index (χ1) is 20.3. The number of fused-ring (bicyclic) bond motifs is 2. The van der Waals surface area contributed by atoms with Crippen LogP contribution < -0.4 is 15.1 Å². The molecule has 0 saturated carbocycles. The van der Waals surface area contributed by atoms with E-state index in [4.69, 9.17) is 16.3 Å². The first-order valence-electron chi connectivity index (χ1n) is 12.9. The Morgan fingerprint density at radius 1 is 1.00 bits per heavy atom. The van der Waals surface area contributed by atoms with Gasteiger partial charge in [0, 0.05) is 26.4 Å². The van der Waals surface area contributed by atoms with Crippen LogP contribution in [0, 0.1) is 5.92 Å². The van der Waals surface area contributed by atoms with Crippen molar-refractivity contribution in [3.05, 3.63) is 96.1 Å². The highest BCUT2D eigenvalue weighted by atomic mass is 35.5. The van der Waals surface area contributed by atoms with Gasteiger partial charge >= 0.3 is 10.8 Å². The number of aromatic nitrogens is 1. The number of anilines is 2. The zero-order valence-corrected chi connectivity index (χ0v) is 25.1. The number of rotatable bonds is 7. The number of carbonyl (C=O) groups excluding carboxylic acids is 4. The maximum absolute atomic E-state index is 13.9. The van der Waals surface area contributed by atoms with Crippen LogP contribution in [0.25, 0.3) is 0 Å². The first kappa shape index (κ1) is 28.4. The van der Waals surface area contributed by atoms with Gasteiger partial charge < -0.3 is 10.1 Å². The second-order valence-electron chi connectivity index (χ2n) is 9.52. The fourth-order valence-electron chi connectivity index (χ4n) is 5.12. The van der Waals surface area contributed by atoms with E-state index in [1.165, 1.54) is 28.0 Å². The largest absolute Gasteiger partial charge is 0.462 e. The van der Waals surface area contributed by atoms with Crippen LogP contribution in [-0.4, -0.2) is 40.1 Å². The van der Waals surface area contributed by atoms with Crippen molar-refractivity contribution in [2.45, 2.75) is 29.7 Å². The molecule has 2 aliphatic heterocycles. The summed E-state index contributed by atoms with van der Waals surface area (Å²) in [6.45, 7) is 1.68. The Labute approximate surface area is 257 Å². The number of imide groups is 1. The van der Waals surface area contributed by atoms with Crippen LogP contribution in [-0.2, 0) is 25.7 Å². The Hall–Kier alpha value is -3.71. The van der Waals surface area contributed by atoms with Crippen LogP contribution in [0.2, 0.25) is 5.02 Å². The lowest BCUT2D eigenvalue weighted by molar-refractivity contribution is -0.122. The summed E-state index contributed by atoms with van der Waals surface area (Å²) in [5.74, 6) is -2.96. The lowest BCUT2D eigenvalue weighted by Gasteiger charge is -2.29. The number of esters is 1. The van der Waals surface area contributed by atoms with Gasteiger partial charge in [-0.05, 0) is 66.9 Å². The fourth-order valence-corrected chi connectivity index (χ4v) is 8.97. The van der Waals surface area contributed by atoms with E-state index < -0.39 is 34.9 Å². The summed E-state index contributed by atoms with van der Waals surface area (Å²) in [5, 5.41) is 4.89. The molecule has 13 heteroatoms. The van der Waals surface area contributed by atoms with Crippen molar-refractivity contribution in [1.82, 2.24) is 4.57 Å². The van der Waals surface area contributed by atoms with Gasteiger partial charge in [-0.2, -0.15) is 0 Å². The SMILES string of the molecule is CCOC(=O)c1ccc(N2C(=O)[C@@H]3[C@H](c4cccs4)c4sc(=O)n(CC(=O)Nc5ccc(Cl)cc5)c4S[C@@H]3C2=O)cc1. The van der Waals surface area contributed by atoms with Crippen LogP contribution in [0.15, 0.2) is 75.9 Å². The number of halogens is 1. The van der Waals surface area contributed by atoms with E-state index in [9.17, 15) is 24.0 Å². The van der Waals surface area contributed by atoms with E-state index in [0.29, 0.717) is 31.9 Å². The smallest absolute Gasteiger partial charge is 0.338 e. The molecule has 42 heavy (non-hydrogen) atoms. The van der Waals surface area contributed by atoms with Gasteiger partial charge in [-0.25, -0.2) is 9.69 Å². The van der Waals surface area contributed by atoms with E-state index in [1.54, 1.807) is 43.3 Å². The minimum atomic E-state index is -0.804. The summed E-state index contributed by atoms with van der Waals surface area (Å²) < 4.78 is 6.41. The number of thiophene rings is 1. The van der Waals surface area contributed by atoms with Crippen molar-refractivity contribution in [1.29, 1.82) is 0 Å². The average molecular weight is 640 g/mol. The molecule has 0 aliphatic carbocycles. The van der Waals surface area contributed by atoms with Crippen molar-refractivity contribution < 1.29 is 23.9 Å². The molecule has 1 saturated heterocycles. The number of thiazole rings is 1. The van der Waals surface area contributed by atoms with Crippen molar-refractivity contribution in [2.24, 2.45) is 5.92 Å². The summed E-state index contributed by atoms with van der Waals surface area (Å²) >= 11 is 9.52. The fraction of sp³-hybridized carbons (Fsp3) is 0.207. The van der Waals surface area contributed by atoms with Crippen molar-refractivity contribution in [3.8, 4) is 0 Å². The second-order valence-corrected chi connectivity index (χ2v) is 13.1. The lowest BCUT2D eigenvalue weighted by atomic mass is 9.87. The number of nitrogens with one attached hydrogen (secondary N) is 1. The Morgan fingerprint density at radius 3 is 2.40 bits per heavy atom. The number of ether oxygens (including phenoxy) is 1. The number of carbonyl (C=O) groups is 4. The van der Waals surface area contributed by atoms with Crippen LogP contribution in [0.4, 0.5) is 11.4 Å². The third-order valence-corrected chi connectivity index (χ3v) is 10.8. The summed E-state index contributed by atoms with van der Waals surface area (Å²) in [7, 11) is 0. The predicted octanol–water partition coefficient (Wildman–Crippen LogP) is 5.24. The standard InChI is InChI=1S/C29H22ClN3O6S3/c1-2-39-28(37)15-5-11-18(12-6-15)33-25(35)22-21(19-4-3-13-40-19)24-27(41-23(22)26(33)36)32(29(38)42-24)14-20(34)31-17-9-7-16(30)8-10-17/h3-13,21-23H,2,14H2,1H3,(H,31,34)/t21-,22+,23-/m0/s1. The quantitative estimate of drug-likeness (QED) is 0.217. The van der Waals surface area contributed by atoms with Crippen molar-refractivity contribution in [2.75, 3.05) is 16.8 Å². The Kier molecular flexibility index (Phi) is 7.79. The highest BCUT2D eigenvalue weighted by molar-refractivity contribution is 8.00. The van der Waals surface area contributed by atoms with E-state index >= 15 is 0 Å². The number of hydrogen-bond acceptors (Lipinski definition) is 9. The summed E-state index contributed by atoms with van der Waals surface area (Å²) in [6, 6.07) is 16.5. The Bertz CT molecular complexity index is 1750. The molecule has 3 atom stereocenters. The number of thioether (sulfide) groups is 1. The molecular formula is C29H22ClN3O6S3. The minimum absolute atomic E-state index is 0.229. The van der Waals surface area contributed by atoms with Gasteiger partial charge in [-0.15, -0.1) is 11.3 Å². The van der Waals surface area contributed by atoms with E-state index in [2.05, 4.69) is 5.32 Å². The molecule has 3 amide bonds. The minimum Gasteiger partial charge on any atom is -0.462 e. The number of hydrogen-bond donors (Lipinski definition) is 1. The van der Waals surface area contributed by atoms with Crippen LogP contribution in [0.1, 0.15) is 33.0 Å². The molecule has 6 rings (SSSR count). The van der Waals surface area contributed by atoms with Gasteiger partial charge in [0.2, 0.25) is 17.7 Å². The molecule has 1 fully saturated rings. The Balaban J connectivity index is 1.34. The normalized spacial score (nSPS) is 19.4. The molecule has 0 spiro atoms. The number of nitrogens with zero attached hydrogens (tertiary/aromatic N) is 2. The number of amides is 3. The first-order valence-corrected chi connectivity index (χ1v) is 15.9. The van der Waals surface area contributed by atoms with Gasteiger partial charge in [0.1, 0.15) is 11.8 Å². The molecule has 0 bridgehead atoms. The lowest BCUT2D eigenvalue weighted by Crippen LogP contribution is -2.32. The zero-order chi connectivity index (χ0) is 29.5. The summed E-state index contributed by atoms with van der Waals surface area (Å²) in [5.41, 5.74) is 1.19. The third kappa shape index (κ3) is 5.08. The topological polar surface area (TPSA) is 115 Å². The van der Waals surface area contributed by atoms with Gasteiger partial charge in [-0.1, -0.05) is 40.8 Å². The van der Waals surface area contributed by atoms with E-state index in [0.717, 1.165) is 32.9 Å². The Morgan fingerprint density at radius 2 is 1.74 bits per heavy atom. The molecule has 4 heterocycles. The van der Waals surface area contributed by atoms with Gasteiger partial charge in [-0.3, -0.25) is 23.7 Å². The van der Waals surface area contributed by atoms with Gasteiger partial charge in [0.15, 0.2) is 0 Å². The van der Waals surface area contributed by atoms with Crippen molar-refractivity contribution in [3.63, 3.8) is 0 Å². The molecule has 0 radical (unpaired) electrons. The highest BCUT2D eigenvalue weighted by Crippen LogP contribution is 2.54. The highest BCUT2D eigenvalue weighted by Gasteiger charge is 2.57. The molecule has 2 aliphatic rings.